The molecule has 1 saturated heterocycles. The lowest BCUT2D eigenvalue weighted by molar-refractivity contribution is 0.248. The molecule has 0 atom stereocenters. The van der Waals surface area contributed by atoms with Crippen molar-refractivity contribution < 1.29 is 8.42 Å². The Labute approximate surface area is 127 Å². The van der Waals surface area contributed by atoms with E-state index in [9.17, 15) is 8.42 Å². The van der Waals surface area contributed by atoms with Crippen LogP contribution in [0, 0.1) is 0 Å². The first kappa shape index (κ1) is 15.0. The molecule has 5 heteroatoms. The van der Waals surface area contributed by atoms with Gasteiger partial charge in [0.05, 0.1) is 4.90 Å². The Morgan fingerprint density at radius 2 is 1.76 bits per heavy atom. The second-order valence-electron chi connectivity index (χ2n) is 6.34. The predicted molar refractivity (Wildman–Crippen MR) is 83.9 cm³/mol. The first-order chi connectivity index (χ1) is 10.0. The predicted octanol–water partition coefficient (Wildman–Crippen LogP) is 1.94. The molecule has 21 heavy (non-hydrogen) atoms. The van der Waals surface area contributed by atoms with Gasteiger partial charge in [-0.3, -0.25) is 0 Å². The van der Waals surface area contributed by atoms with Crippen molar-refractivity contribution in [3.63, 3.8) is 0 Å². The highest BCUT2D eigenvalue weighted by Gasteiger charge is 2.24. The lowest BCUT2D eigenvalue weighted by Crippen LogP contribution is -2.43. The van der Waals surface area contributed by atoms with Crippen molar-refractivity contribution in [2.45, 2.75) is 49.5 Å². The summed E-state index contributed by atoms with van der Waals surface area (Å²) in [5.41, 5.74) is 2.53. The van der Waals surface area contributed by atoms with E-state index in [-0.39, 0.29) is 6.04 Å². The van der Waals surface area contributed by atoms with Crippen LogP contribution in [0.15, 0.2) is 23.1 Å². The van der Waals surface area contributed by atoms with Gasteiger partial charge in [0, 0.05) is 6.04 Å². The van der Waals surface area contributed by atoms with Gasteiger partial charge >= 0.3 is 0 Å². The SMILES string of the molecule is CN1CCC(NS(=O)(=O)c2ccc3c(c2)CCCC3)CC1. The molecule has 3 rings (SSSR count). The first-order valence-electron chi connectivity index (χ1n) is 7.87. The van der Waals surface area contributed by atoms with Gasteiger partial charge in [0.2, 0.25) is 10.0 Å². The highest BCUT2D eigenvalue weighted by Crippen LogP contribution is 2.24. The van der Waals surface area contributed by atoms with Crippen LogP contribution in [0.4, 0.5) is 0 Å². The van der Waals surface area contributed by atoms with E-state index in [4.69, 9.17) is 0 Å². The third kappa shape index (κ3) is 3.47. The van der Waals surface area contributed by atoms with Gasteiger partial charge in [-0.15, -0.1) is 0 Å². The molecule has 4 nitrogen and oxygen atoms in total. The van der Waals surface area contributed by atoms with Gasteiger partial charge in [0.25, 0.3) is 0 Å². The van der Waals surface area contributed by atoms with E-state index in [0.717, 1.165) is 38.8 Å². The maximum Gasteiger partial charge on any atom is 0.240 e. The standard InChI is InChI=1S/C16H24N2O2S/c1-18-10-8-15(9-11-18)17-21(19,20)16-7-6-13-4-2-3-5-14(13)12-16/h6-7,12,15,17H,2-5,8-11H2,1H3. The molecule has 1 aromatic carbocycles. The van der Waals surface area contributed by atoms with Crippen LogP contribution >= 0.6 is 0 Å². The van der Waals surface area contributed by atoms with Gasteiger partial charge in [-0.2, -0.15) is 0 Å². The number of sulfonamides is 1. The second kappa shape index (κ2) is 6.07. The third-order valence-electron chi connectivity index (χ3n) is 4.67. The van der Waals surface area contributed by atoms with Crippen molar-refractivity contribution in [2.24, 2.45) is 0 Å². The molecule has 0 bridgehead atoms. The second-order valence-corrected chi connectivity index (χ2v) is 8.05. The Morgan fingerprint density at radius 3 is 2.48 bits per heavy atom. The van der Waals surface area contributed by atoms with Crippen LogP contribution in [0.5, 0.6) is 0 Å². The summed E-state index contributed by atoms with van der Waals surface area (Å²) in [6.07, 6.45) is 6.25. The summed E-state index contributed by atoms with van der Waals surface area (Å²) in [5.74, 6) is 0. The van der Waals surface area contributed by atoms with E-state index in [1.807, 2.05) is 12.1 Å². The number of hydrogen-bond donors (Lipinski definition) is 1. The van der Waals surface area contributed by atoms with Crippen molar-refractivity contribution in [1.82, 2.24) is 9.62 Å². The quantitative estimate of drug-likeness (QED) is 0.928. The van der Waals surface area contributed by atoms with E-state index in [1.165, 1.54) is 24.0 Å². The zero-order valence-corrected chi connectivity index (χ0v) is 13.5. The summed E-state index contributed by atoms with van der Waals surface area (Å²) < 4.78 is 28.0. The normalized spacial score (nSPS) is 21.2. The molecule has 1 aliphatic heterocycles. The summed E-state index contributed by atoms with van der Waals surface area (Å²) >= 11 is 0. The van der Waals surface area contributed by atoms with E-state index in [2.05, 4.69) is 16.7 Å². The number of benzene rings is 1. The van der Waals surface area contributed by atoms with Gasteiger partial charge in [0.1, 0.15) is 0 Å². The van der Waals surface area contributed by atoms with Crippen molar-refractivity contribution >= 4 is 10.0 Å². The summed E-state index contributed by atoms with van der Waals surface area (Å²) in [4.78, 5) is 2.67. The zero-order valence-electron chi connectivity index (χ0n) is 12.6. The lowest BCUT2D eigenvalue weighted by atomic mass is 9.92. The zero-order chi connectivity index (χ0) is 14.9. The minimum absolute atomic E-state index is 0.0715. The average Bonchev–Trinajstić information content (AvgIpc) is 2.49. The van der Waals surface area contributed by atoms with E-state index < -0.39 is 10.0 Å². The molecule has 1 fully saturated rings. The van der Waals surface area contributed by atoms with E-state index in [0.29, 0.717) is 4.90 Å². The van der Waals surface area contributed by atoms with Crippen molar-refractivity contribution in [1.29, 1.82) is 0 Å². The molecule has 0 unspecified atom stereocenters. The minimum Gasteiger partial charge on any atom is -0.306 e. The van der Waals surface area contributed by atoms with Gasteiger partial charge in [-0.1, -0.05) is 6.07 Å². The molecule has 116 valence electrons. The summed E-state index contributed by atoms with van der Waals surface area (Å²) in [7, 11) is -1.30. The van der Waals surface area contributed by atoms with Gasteiger partial charge in [-0.25, -0.2) is 13.1 Å². The summed E-state index contributed by atoms with van der Waals surface area (Å²) in [5, 5.41) is 0. The number of aryl methyl sites for hydroxylation is 2. The maximum absolute atomic E-state index is 12.5. The van der Waals surface area contributed by atoms with Gasteiger partial charge in [-0.05, 0) is 81.9 Å². The molecule has 1 N–H and O–H groups in total. The Balaban J connectivity index is 1.75. The number of nitrogens with one attached hydrogen (secondary N) is 1. The topological polar surface area (TPSA) is 49.4 Å². The first-order valence-corrected chi connectivity index (χ1v) is 9.35. The van der Waals surface area contributed by atoms with Crippen molar-refractivity contribution in [3.8, 4) is 0 Å². The lowest BCUT2D eigenvalue weighted by Gasteiger charge is -2.29. The molecule has 1 aromatic rings. The Bertz CT molecular complexity index is 605. The number of likely N-dealkylation sites (tertiary alicyclic amines) is 1. The van der Waals surface area contributed by atoms with Crippen molar-refractivity contribution in [3.05, 3.63) is 29.3 Å². The molecule has 0 amide bonds. The number of rotatable bonds is 3. The number of hydrogen-bond acceptors (Lipinski definition) is 3. The molecule has 0 radical (unpaired) electrons. The van der Waals surface area contributed by atoms with Crippen molar-refractivity contribution in [2.75, 3.05) is 20.1 Å². The number of nitrogens with zero attached hydrogens (tertiary/aromatic N) is 1. The molecular weight excluding hydrogens is 284 g/mol. The fourth-order valence-corrected chi connectivity index (χ4v) is 4.65. The average molecular weight is 308 g/mol. The maximum atomic E-state index is 12.5. The molecule has 2 aliphatic rings. The van der Waals surface area contributed by atoms with Gasteiger partial charge < -0.3 is 4.90 Å². The molecular formula is C16H24N2O2S. The Kier molecular flexibility index (Phi) is 4.33. The minimum atomic E-state index is -3.38. The fourth-order valence-electron chi connectivity index (χ4n) is 3.29. The molecule has 1 aliphatic carbocycles. The van der Waals surface area contributed by atoms with Crippen LogP contribution in [0.2, 0.25) is 0 Å². The highest BCUT2D eigenvalue weighted by molar-refractivity contribution is 7.89. The monoisotopic (exact) mass is 308 g/mol. The van der Waals surface area contributed by atoms with Crippen LogP contribution in [-0.4, -0.2) is 39.5 Å². The summed E-state index contributed by atoms with van der Waals surface area (Å²) in [6.45, 7) is 1.91. The van der Waals surface area contributed by atoms with Gasteiger partial charge in [0.15, 0.2) is 0 Å². The molecule has 0 aromatic heterocycles. The van der Waals surface area contributed by atoms with E-state index >= 15 is 0 Å². The Hall–Kier alpha value is -0.910. The molecule has 1 heterocycles. The molecule has 0 spiro atoms. The van der Waals surface area contributed by atoms with Crippen LogP contribution in [0.3, 0.4) is 0 Å². The highest BCUT2D eigenvalue weighted by atomic mass is 32.2. The number of piperidine rings is 1. The molecule has 0 saturated carbocycles. The third-order valence-corrected chi connectivity index (χ3v) is 6.19. The Morgan fingerprint density at radius 1 is 1.10 bits per heavy atom. The fraction of sp³-hybridized carbons (Fsp3) is 0.625. The van der Waals surface area contributed by atoms with Crippen LogP contribution in [0.1, 0.15) is 36.8 Å². The number of fused-ring (bicyclic) bond motifs is 1. The van der Waals surface area contributed by atoms with Crippen LogP contribution in [-0.2, 0) is 22.9 Å². The largest absolute Gasteiger partial charge is 0.306 e. The smallest absolute Gasteiger partial charge is 0.240 e. The van der Waals surface area contributed by atoms with Crippen LogP contribution < -0.4 is 4.72 Å². The van der Waals surface area contributed by atoms with E-state index in [1.54, 1.807) is 6.07 Å². The van der Waals surface area contributed by atoms with Crippen LogP contribution in [0.25, 0.3) is 0 Å². The summed E-state index contributed by atoms with van der Waals surface area (Å²) in [6, 6.07) is 5.72.